The van der Waals surface area contributed by atoms with E-state index in [1.807, 2.05) is 29.2 Å². The van der Waals surface area contributed by atoms with E-state index in [4.69, 9.17) is 4.74 Å². The number of amides is 1. The van der Waals surface area contributed by atoms with Crippen LogP contribution >= 0.6 is 0 Å². The van der Waals surface area contributed by atoms with Gasteiger partial charge in [-0.15, -0.1) is 0 Å². The number of likely N-dealkylation sites (tertiary alicyclic amines) is 1. The zero-order valence-electron chi connectivity index (χ0n) is 14.1. The molecule has 0 radical (unpaired) electrons. The van der Waals surface area contributed by atoms with Gasteiger partial charge < -0.3 is 14.5 Å². The Bertz CT molecular complexity index is 615. The third kappa shape index (κ3) is 4.00. The number of piperazine rings is 1. The van der Waals surface area contributed by atoms with E-state index < -0.39 is 24.7 Å². The van der Waals surface area contributed by atoms with Gasteiger partial charge in [0.15, 0.2) is 0 Å². The Morgan fingerprint density at radius 3 is 2.44 bits per heavy atom. The SMILES string of the molecule is COc1ccccc1N1CCN(C2CCN(CC(F)(F)F)C2=O)CC1. The van der Waals surface area contributed by atoms with Crippen molar-refractivity contribution in [1.29, 1.82) is 0 Å². The molecule has 2 saturated heterocycles. The highest BCUT2D eigenvalue weighted by molar-refractivity contribution is 5.84. The lowest BCUT2D eigenvalue weighted by molar-refractivity contribution is -0.159. The number of hydrogen-bond acceptors (Lipinski definition) is 4. The smallest absolute Gasteiger partial charge is 0.406 e. The van der Waals surface area contributed by atoms with Crippen LogP contribution in [0.2, 0.25) is 0 Å². The molecule has 2 heterocycles. The van der Waals surface area contributed by atoms with Gasteiger partial charge in [-0.25, -0.2) is 0 Å². The zero-order chi connectivity index (χ0) is 18.0. The molecule has 0 aromatic heterocycles. The quantitative estimate of drug-likeness (QED) is 0.826. The standard InChI is InChI=1S/C17H22F3N3O2/c1-25-15-5-3-2-4-13(15)21-8-10-22(11-9-21)14-6-7-23(16(14)24)12-17(18,19)20/h2-5,14H,6-12H2,1H3. The van der Waals surface area contributed by atoms with Crippen molar-refractivity contribution in [1.82, 2.24) is 9.80 Å². The van der Waals surface area contributed by atoms with E-state index in [0.29, 0.717) is 32.6 Å². The fourth-order valence-corrected chi connectivity index (χ4v) is 3.60. The van der Waals surface area contributed by atoms with Crippen LogP contribution in [0.1, 0.15) is 6.42 Å². The van der Waals surface area contributed by atoms with Crippen LogP contribution in [0, 0.1) is 0 Å². The highest BCUT2D eigenvalue weighted by Crippen LogP contribution is 2.29. The van der Waals surface area contributed by atoms with Gasteiger partial charge in [0, 0.05) is 32.7 Å². The van der Waals surface area contributed by atoms with E-state index in [-0.39, 0.29) is 6.54 Å². The van der Waals surface area contributed by atoms with Crippen molar-refractivity contribution in [2.75, 3.05) is 51.3 Å². The predicted molar refractivity (Wildman–Crippen MR) is 87.8 cm³/mol. The second kappa shape index (κ2) is 7.11. The molecule has 2 fully saturated rings. The molecule has 25 heavy (non-hydrogen) atoms. The Kier molecular flexibility index (Phi) is 5.08. The zero-order valence-corrected chi connectivity index (χ0v) is 14.1. The van der Waals surface area contributed by atoms with Crippen molar-refractivity contribution < 1.29 is 22.7 Å². The normalized spacial score (nSPS) is 22.6. The number of para-hydroxylation sites is 2. The lowest BCUT2D eigenvalue weighted by Crippen LogP contribution is -2.53. The maximum absolute atomic E-state index is 12.5. The summed E-state index contributed by atoms with van der Waals surface area (Å²) < 4.78 is 43.0. The Balaban J connectivity index is 1.59. The first-order valence-corrected chi connectivity index (χ1v) is 8.36. The number of carbonyl (C=O) groups excluding carboxylic acids is 1. The second-order valence-electron chi connectivity index (χ2n) is 6.37. The van der Waals surface area contributed by atoms with Gasteiger partial charge in [-0.05, 0) is 18.6 Å². The van der Waals surface area contributed by atoms with Gasteiger partial charge in [0.05, 0.1) is 18.8 Å². The molecule has 1 unspecified atom stereocenters. The molecule has 1 aromatic rings. The number of alkyl halides is 3. The van der Waals surface area contributed by atoms with Crippen molar-refractivity contribution in [2.24, 2.45) is 0 Å². The van der Waals surface area contributed by atoms with Crippen LogP contribution in [0.15, 0.2) is 24.3 Å². The largest absolute Gasteiger partial charge is 0.495 e. The fraction of sp³-hybridized carbons (Fsp3) is 0.588. The lowest BCUT2D eigenvalue weighted by Gasteiger charge is -2.38. The first kappa shape index (κ1) is 17.8. The molecule has 0 spiro atoms. The molecule has 0 N–H and O–H groups in total. The van der Waals surface area contributed by atoms with Crippen LogP contribution in [0.4, 0.5) is 18.9 Å². The summed E-state index contributed by atoms with van der Waals surface area (Å²) in [7, 11) is 1.63. The van der Waals surface area contributed by atoms with Crippen molar-refractivity contribution in [3.63, 3.8) is 0 Å². The lowest BCUT2D eigenvalue weighted by atomic mass is 10.1. The maximum atomic E-state index is 12.5. The molecule has 2 aliphatic heterocycles. The summed E-state index contributed by atoms with van der Waals surface area (Å²) in [6, 6.07) is 7.31. The number of methoxy groups -OCH3 is 1. The number of carbonyl (C=O) groups is 1. The third-order valence-electron chi connectivity index (χ3n) is 4.82. The van der Waals surface area contributed by atoms with Crippen LogP contribution in [0.3, 0.4) is 0 Å². The predicted octanol–water partition coefficient (Wildman–Crippen LogP) is 1.98. The van der Waals surface area contributed by atoms with Crippen molar-refractivity contribution in [2.45, 2.75) is 18.6 Å². The third-order valence-corrected chi connectivity index (χ3v) is 4.82. The highest BCUT2D eigenvalue weighted by Gasteiger charge is 2.42. The summed E-state index contributed by atoms with van der Waals surface area (Å²) in [5, 5.41) is 0. The van der Waals surface area contributed by atoms with Crippen LogP contribution in [-0.4, -0.2) is 74.3 Å². The van der Waals surface area contributed by atoms with E-state index in [2.05, 4.69) is 4.90 Å². The van der Waals surface area contributed by atoms with Crippen molar-refractivity contribution in [3.8, 4) is 5.75 Å². The van der Waals surface area contributed by atoms with E-state index in [1.54, 1.807) is 7.11 Å². The summed E-state index contributed by atoms with van der Waals surface area (Å²) >= 11 is 0. The molecule has 138 valence electrons. The second-order valence-corrected chi connectivity index (χ2v) is 6.37. The Labute approximate surface area is 144 Å². The maximum Gasteiger partial charge on any atom is 0.406 e. The van der Waals surface area contributed by atoms with Crippen LogP contribution < -0.4 is 9.64 Å². The minimum Gasteiger partial charge on any atom is -0.495 e. The van der Waals surface area contributed by atoms with E-state index in [0.717, 1.165) is 16.3 Å². The average molecular weight is 357 g/mol. The molecule has 5 nitrogen and oxygen atoms in total. The number of halogens is 3. The Morgan fingerprint density at radius 1 is 1.12 bits per heavy atom. The number of anilines is 1. The van der Waals surface area contributed by atoms with Crippen LogP contribution in [0.25, 0.3) is 0 Å². The first-order chi connectivity index (χ1) is 11.9. The van der Waals surface area contributed by atoms with Gasteiger partial charge in [-0.3, -0.25) is 9.69 Å². The molecular weight excluding hydrogens is 335 g/mol. The van der Waals surface area contributed by atoms with Gasteiger partial charge in [-0.1, -0.05) is 12.1 Å². The molecule has 3 rings (SSSR count). The monoisotopic (exact) mass is 357 g/mol. The molecule has 0 saturated carbocycles. The van der Waals surface area contributed by atoms with Crippen LogP contribution in [-0.2, 0) is 4.79 Å². The molecule has 2 aliphatic rings. The molecule has 1 amide bonds. The highest BCUT2D eigenvalue weighted by atomic mass is 19.4. The minimum absolute atomic E-state index is 0.176. The Hall–Kier alpha value is -1.96. The van der Waals surface area contributed by atoms with E-state index in [9.17, 15) is 18.0 Å². The first-order valence-electron chi connectivity index (χ1n) is 8.36. The topological polar surface area (TPSA) is 36.0 Å². The summed E-state index contributed by atoms with van der Waals surface area (Å²) in [5.74, 6) is 0.396. The Morgan fingerprint density at radius 2 is 1.80 bits per heavy atom. The number of nitrogens with zero attached hydrogens (tertiary/aromatic N) is 3. The molecule has 0 bridgehead atoms. The number of rotatable bonds is 4. The van der Waals surface area contributed by atoms with Gasteiger partial charge in [0.1, 0.15) is 12.3 Å². The number of benzene rings is 1. The molecule has 1 atom stereocenters. The molecule has 0 aliphatic carbocycles. The van der Waals surface area contributed by atoms with E-state index in [1.165, 1.54) is 0 Å². The summed E-state index contributed by atoms with van der Waals surface area (Å²) in [6.45, 7) is 1.74. The van der Waals surface area contributed by atoms with Gasteiger partial charge in [0.2, 0.25) is 5.91 Å². The molecule has 1 aromatic carbocycles. The van der Waals surface area contributed by atoms with Gasteiger partial charge in [0.25, 0.3) is 0 Å². The van der Waals surface area contributed by atoms with Crippen molar-refractivity contribution >= 4 is 11.6 Å². The molecule has 8 heteroatoms. The average Bonchev–Trinajstić information content (AvgIpc) is 2.94. The summed E-state index contributed by atoms with van der Waals surface area (Å²) in [6.07, 6.45) is -3.88. The van der Waals surface area contributed by atoms with Crippen molar-refractivity contribution in [3.05, 3.63) is 24.3 Å². The van der Waals surface area contributed by atoms with Gasteiger partial charge >= 0.3 is 6.18 Å². The number of hydrogen-bond donors (Lipinski definition) is 0. The molecular formula is C17H22F3N3O2. The minimum atomic E-state index is -4.34. The van der Waals surface area contributed by atoms with Gasteiger partial charge in [-0.2, -0.15) is 13.2 Å². The number of ether oxygens (including phenoxy) is 1. The van der Waals surface area contributed by atoms with Crippen LogP contribution in [0.5, 0.6) is 5.75 Å². The summed E-state index contributed by atoms with van der Waals surface area (Å²) in [4.78, 5) is 17.4. The summed E-state index contributed by atoms with van der Waals surface area (Å²) in [5.41, 5.74) is 1.00. The fourth-order valence-electron chi connectivity index (χ4n) is 3.60. The van der Waals surface area contributed by atoms with E-state index >= 15 is 0 Å².